The maximum atomic E-state index is 10.9. The summed E-state index contributed by atoms with van der Waals surface area (Å²) in [6.07, 6.45) is 1.07. The summed E-state index contributed by atoms with van der Waals surface area (Å²) in [5.41, 5.74) is 0.146. The fraction of sp³-hybridized carbons (Fsp3) is 0.429. The Morgan fingerprint density at radius 1 is 1.75 bits per heavy atom. The van der Waals surface area contributed by atoms with Gasteiger partial charge in [0.2, 0.25) is 0 Å². The zero-order chi connectivity index (χ0) is 8.97. The number of hydrogen-bond donors (Lipinski definition) is 1. The van der Waals surface area contributed by atoms with E-state index in [-0.39, 0.29) is 5.70 Å². The highest BCUT2D eigenvalue weighted by Crippen LogP contribution is 1.99. The van der Waals surface area contributed by atoms with Crippen LogP contribution in [0, 0.1) is 0 Å². The Bertz CT molecular complexity index is 234. The molecule has 1 rings (SSSR count). The second kappa shape index (κ2) is 3.75. The number of nitrogens with one attached hydrogen (secondary N) is 1. The molecule has 1 aliphatic heterocycles. The minimum absolute atomic E-state index is 0.146. The summed E-state index contributed by atoms with van der Waals surface area (Å²) in [6, 6.07) is 0. The van der Waals surface area contributed by atoms with E-state index in [1.54, 1.807) is 0 Å². The topological polar surface area (TPSA) is 64.6 Å². The number of carbonyl (C=O) groups excluding carboxylic acids is 2. The molecule has 1 saturated heterocycles. The first-order chi connectivity index (χ1) is 5.74. The van der Waals surface area contributed by atoms with E-state index in [9.17, 15) is 9.59 Å². The third-order valence-electron chi connectivity index (χ3n) is 1.33. The van der Waals surface area contributed by atoms with E-state index >= 15 is 0 Å². The summed E-state index contributed by atoms with van der Waals surface area (Å²) in [7, 11) is 1.24. The lowest BCUT2D eigenvalue weighted by atomic mass is 10.3. The molecule has 12 heavy (non-hydrogen) atoms. The zero-order valence-corrected chi connectivity index (χ0v) is 6.62. The standard InChI is InChI=1S/C7H9NO4/c1-11-6(9)4-5-7(10)12-3-2-8-5/h4,8H,2-3H2,1H3/b5-4+. The van der Waals surface area contributed by atoms with Crippen LogP contribution in [0.25, 0.3) is 0 Å². The predicted octanol–water partition coefficient (Wildman–Crippen LogP) is -0.810. The Morgan fingerprint density at radius 2 is 2.50 bits per heavy atom. The van der Waals surface area contributed by atoms with Gasteiger partial charge in [-0.3, -0.25) is 0 Å². The molecule has 0 bridgehead atoms. The van der Waals surface area contributed by atoms with E-state index in [1.165, 1.54) is 7.11 Å². The Balaban J connectivity index is 2.65. The van der Waals surface area contributed by atoms with Crippen LogP contribution in [0.4, 0.5) is 0 Å². The van der Waals surface area contributed by atoms with E-state index in [0.29, 0.717) is 13.2 Å². The molecular weight excluding hydrogens is 162 g/mol. The fourth-order valence-electron chi connectivity index (χ4n) is 0.766. The van der Waals surface area contributed by atoms with Gasteiger partial charge in [-0.1, -0.05) is 0 Å². The molecule has 1 fully saturated rings. The number of rotatable bonds is 1. The van der Waals surface area contributed by atoms with Crippen LogP contribution in [0.3, 0.4) is 0 Å². The summed E-state index contributed by atoms with van der Waals surface area (Å²) in [4.78, 5) is 21.6. The van der Waals surface area contributed by atoms with Crippen LogP contribution >= 0.6 is 0 Å². The van der Waals surface area contributed by atoms with Crippen molar-refractivity contribution >= 4 is 11.9 Å². The Hall–Kier alpha value is -1.52. The molecule has 66 valence electrons. The van der Waals surface area contributed by atoms with Crippen LogP contribution in [0.15, 0.2) is 11.8 Å². The Morgan fingerprint density at radius 3 is 3.08 bits per heavy atom. The number of morpholine rings is 1. The van der Waals surface area contributed by atoms with E-state index in [2.05, 4.69) is 14.8 Å². The predicted molar refractivity (Wildman–Crippen MR) is 39.1 cm³/mol. The summed E-state index contributed by atoms with van der Waals surface area (Å²) in [5.74, 6) is -1.09. The molecule has 0 radical (unpaired) electrons. The van der Waals surface area contributed by atoms with Crippen LogP contribution < -0.4 is 5.32 Å². The lowest BCUT2D eigenvalue weighted by Crippen LogP contribution is -2.33. The second-order valence-electron chi connectivity index (χ2n) is 2.14. The summed E-state index contributed by atoms with van der Waals surface area (Å²) in [5, 5.41) is 2.72. The van der Waals surface area contributed by atoms with Crippen LogP contribution in [0.2, 0.25) is 0 Å². The number of carbonyl (C=O) groups is 2. The van der Waals surface area contributed by atoms with Gasteiger partial charge in [-0.15, -0.1) is 0 Å². The molecule has 5 nitrogen and oxygen atoms in total. The molecule has 0 aliphatic carbocycles. The van der Waals surface area contributed by atoms with Crippen LogP contribution in [-0.4, -0.2) is 32.2 Å². The molecular formula is C7H9NO4. The first-order valence-corrected chi connectivity index (χ1v) is 3.44. The van der Waals surface area contributed by atoms with E-state index in [1.807, 2.05) is 0 Å². The minimum Gasteiger partial charge on any atom is -0.466 e. The highest BCUT2D eigenvalue weighted by Gasteiger charge is 2.16. The van der Waals surface area contributed by atoms with Crippen molar-refractivity contribution in [2.45, 2.75) is 0 Å². The molecule has 1 heterocycles. The largest absolute Gasteiger partial charge is 0.466 e. The second-order valence-corrected chi connectivity index (χ2v) is 2.14. The quantitative estimate of drug-likeness (QED) is 0.413. The molecule has 0 unspecified atom stereocenters. The number of cyclic esters (lactones) is 1. The highest BCUT2D eigenvalue weighted by atomic mass is 16.5. The molecule has 0 aromatic rings. The van der Waals surface area contributed by atoms with Gasteiger partial charge in [-0.2, -0.15) is 0 Å². The SMILES string of the molecule is COC(=O)/C=C1/NCCOC1=O. The summed E-state index contributed by atoms with van der Waals surface area (Å²) in [6.45, 7) is 0.853. The zero-order valence-electron chi connectivity index (χ0n) is 6.62. The minimum atomic E-state index is -0.573. The molecule has 0 saturated carbocycles. The first-order valence-electron chi connectivity index (χ1n) is 3.44. The Kier molecular flexibility index (Phi) is 2.68. The maximum absolute atomic E-state index is 10.9. The van der Waals surface area contributed by atoms with Gasteiger partial charge in [-0.05, 0) is 0 Å². The third-order valence-corrected chi connectivity index (χ3v) is 1.33. The summed E-state index contributed by atoms with van der Waals surface area (Å²) >= 11 is 0. The number of methoxy groups -OCH3 is 1. The van der Waals surface area contributed by atoms with Crippen LogP contribution in [-0.2, 0) is 19.1 Å². The van der Waals surface area contributed by atoms with Crippen molar-refractivity contribution < 1.29 is 19.1 Å². The van der Waals surface area contributed by atoms with Crippen molar-refractivity contribution in [3.8, 4) is 0 Å². The fourth-order valence-corrected chi connectivity index (χ4v) is 0.766. The number of hydrogen-bond acceptors (Lipinski definition) is 5. The average Bonchev–Trinajstić information content (AvgIpc) is 2.09. The van der Waals surface area contributed by atoms with Gasteiger partial charge in [0.1, 0.15) is 12.3 Å². The van der Waals surface area contributed by atoms with Crippen molar-refractivity contribution in [2.75, 3.05) is 20.3 Å². The molecule has 0 spiro atoms. The van der Waals surface area contributed by atoms with E-state index < -0.39 is 11.9 Å². The third kappa shape index (κ3) is 1.98. The van der Waals surface area contributed by atoms with Gasteiger partial charge in [0.05, 0.1) is 13.2 Å². The smallest absolute Gasteiger partial charge is 0.354 e. The molecule has 0 aromatic carbocycles. The first kappa shape index (κ1) is 8.58. The molecule has 1 N–H and O–H groups in total. The van der Waals surface area contributed by atoms with Crippen LogP contribution in [0.5, 0.6) is 0 Å². The monoisotopic (exact) mass is 171 g/mol. The van der Waals surface area contributed by atoms with Gasteiger partial charge >= 0.3 is 11.9 Å². The van der Waals surface area contributed by atoms with Crippen molar-refractivity contribution in [3.63, 3.8) is 0 Å². The number of esters is 2. The summed E-state index contributed by atoms with van der Waals surface area (Å²) < 4.78 is 9.00. The number of ether oxygens (including phenoxy) is 2. The van der Waals surface area contributed by atoms with Crippen molar-refractivity contribution in [2.24, 2.45) is 0 Å². The maximum Gasteiger partial charge on any atom is 0.354 e. The van der Waals surface area contributed by atoms with Gasteiger partial charge < -0.3 is 14.8 Å². The van der Waals surface area contributed by atoms with Crippen LogP contribution in [0.1, 0.15) is 0 Å². The van der Waals surface area contributed by atoms with Gasteiger partial charge in [0, 0.05) is 6.54 Å². The molecule has 0 atom stereocenters. The lowest BCUT2D eigenvalue weighted by Gasteiger charge is -2.15. The Labute approximate surface area is 69.3 Å². The van der Waals surface area contributed by atoms with E-state index in [4.69, 9.17) is 0 Å². The molecule has 0 aromatic heterocycles. The lowest BCUT2D eigenvalue weighted by molar-refractivity contribution is -0.142. The van der Waals surface area contributed by atoms with Gasteiger partial charge in [0.25, 0.3) is 0 Å². The van der Waals surface area contributed by atoms with Crippen molar-refractivity contribution in [1.29, 1.82) is 0 Å². The average molecular weight is 171 g/mol. The molecule has 5 heteroatoms. The normalized spacial score (nSPS) is 19.8. The molecule has 1 aliphatic rings. The van der Waals surface area contributed by atoms with Crippen molar-refractivity contribution in [1.82, 2.24) is 5.32 Å². The highest BCUT2D eigenvalue weighted by molar-refractivity contribution is 5.96. The van der Waals surface area contributed by atoms with Gasteiger partial charge in [-0.25, -0.2) is 9.59 Å². The van der Waals surface area contributed by atoms with E-state index in [0.717, 1.165) is 6.08 Å². The molecule has 0 amide bonds. The van der Waals surface area contributed by atoms with Gasteiger partial charge in [0.15, 0.2) is 0 Å². The van der Waals surface area contributed by atoms with Crippen molar-refractivity contribution in [3.05, 3.63) is 11.8 Å².